The first-order valence-electron chi connectivity index (χ1n) is 8.23. The van der Waals surface area contributed by atoms with Crippen molar-refractivity contribution < 1.29 is 9.52 Å². The van der Waals surface area contributed by atoms with Gasteiger partial charge in [0.25, 0.3) is 0 Å². The number of furan rings is 1. The van der Waals surface area contributed by atoms with Crippen molar-refractivity contribution in [3.05, 3.63) is 59.5 Å². The zero-order chi connectivity index (χ0) is 17.5. The molecule has 126 valence electrons. The summed E-state index contributed by atoms with van der Waals surface area (Å²) >= 11 is 0. The maximum absolute atomic E-state index is 10.2. The second kappa shape index (κ2) is 5.70. The van der Waals surface area contributed by atoms with E-state index in [-0.39, 0.29) is 5.75 Å². The highest BCUT2D eigenvalue weighted by atomic mass is 16.4. The van der Waals surface area contributed by atoms with Crippen molar-refractivity contribution in [1.82, 2.24) is 4.98 Å². The number of hydrogen-bond acceptors (Lipinski definition) is 6. The lowest BCUT2D eigenvalue weighted by atomic mass is 10.1. The van der Waals surface area contributed by atoms with Crippen LogP contribution in [0, 0.1) is 0 Å². The monoisotopic (exact) mass is 342 g/mol. The maximum atomic E-state index is 10.2. The first-order valence-corrected chi connectivity index (χ1v) is 8.23. The third-order valence-electron chi connectivity index (χ3n) is 4.34. The number of aliphatic imine (C=N–C) groups is 2. The van der Waals surface area contributed by atoms with Crippen molar-refractivity contribution in [1.29, 1.82) is 0 Å². The Morgan fingerprint density at radius 1 is 1.15 bits per heavy atom. The summed E-state index contributed by atoms with van der Waals surface area (Å²) in [4.78, 5) is 12.8. The lowest BCUT2D eigenvalue weighted by Gasteiger charge is -2.04. The molecule has 6 heteroatoms. The Labute approximate surface area is 149 Å². The Bertz CT molecular complexity index is 1110. The average Bonchev–Trinajstić information content (AvgIpc) is 3.35. The first kappa shape index (κ1) is 14.7. The number of rotatable bonds is 3. The minimum Gasteiger partial charge on any atom is -0.504 e. The Morgan fingerprint density at radius 2 is 2.12 bits per heavy atom. The van der Waals surface area contributed by atoms with Crippen LogP contribution in [0.5, 0.6) is 5.75 Å². The van der Waals surface area contributed by atoms with Gasteiger partial charge in [-0.05, 0) is 35.9 Å². The van der Waals surface area contributed by atoms with Gasteiger partial charge in [0.15, 0.2) is 17.3 Å². The molecule has 0 aliphatic carbocycles. The van der Waals surface area contributed by atoms with E-state index in [9.17, 15) is 5.11 Å². The number of pyridine rings is 1. The number of hydrogen-bond donors (Lipinski definition) is 2. The number of aromatic hydroxyl groups is 1. The van der Waals surface area contributed by atoms with E-state index in [1.165, 1.54) is 5.56 Å². The summed E-state index contributed by atoms with van der Waals surface area (Å²) < 4.78 is 5.76. The standard InChI is InChI=1S/C20H14N4O2/c25-17-10-19(24-14-4-3-12-5-7-21-16(12)9-14)26-18(17)8-13-11-23-20-15(13)2-1-6-22-20/h1-4,6-11,24-25H,5H2. The van der Waals surface area contributed by atoms with Gasteiger partial charge >= 0.3 is 0 Å². The molecule has 0 saturated heterocycles. The van der Waals surface area contributed by atoms with Gasteiger partial charge in [-0.3, -0.25) is 4.99 Å². The lowest BCUT2D eigenvalue weighted by Crippen LogP contribution is -1.88. The summed E-state index contributed by atoms with van der Waals surface area (Å²) in [5, 5.41) is 13.4. The van der Waals surface area contributed by atoms with E-state index in [1.54, 1.807) is 24.6 Å². The molecule has 2 N–H and O–H groups in total. The third kappa shape index (κ3) is 2.48. The van der Waals surface area contributed by atoms with Crippen molar-refractivity contribution >= 4 is 47.2 Å². The molecule has 1 aromatic carbocycles. The normalized spacial score (nSPS) is 15.5. The molecule has 5 rings (SSSR count). The fourth-order valence-corrected chi connectivity index (χ4v) is 3.06. The van der Waals surface area contributed by atoms with E-state index >= 15 is 0 Å². The molecule has 6 nitrogen and oxygen atoms in total. The van der Waals surface area contributed by atoms with Crippen LogP contribution < -0.4 is 5.32 Å². The highest BCUT2D eigenvalue weighted by Gasteiger charge is 2.16. The van der Waals surface area contributed by atoms with Crippen molar-refractivity contribution in [3.8, 4) is 5.75 Å². The van der Waals surface area contributed by atoms with Crippen LogP contribution in [0.15, 0.2) is 57.0 Å². The smallest absolute Gasteiger partial charge is 0.201 e. The number of benzene rings is 1. The largest absolute Gasteiger partial charge is 0.504 e. The summed E-state index contributed by atoms with van der Waals surface area (Å²) in [7, 11) is 0. The van der Waals surface area contributed by atoms with E-state index in [4.69, 9.17) is 4.42 Å². The topological polar surface area (TPSA) is 83.0 Å². The predicted octanol–water partition coefficient (Wildman–Crippen LogP) is 4.64. The van der Waals surface area contributed by atoms with Gasteiger partial charge in [-0.2, -0.15) is 0 Å². The van der Waals surface area contributed by atoms with Crippen molar-refractivity contribution in [2.45, 2.75) is 6.42 Å². The molecule has 2 aliphatic heterocycles. The highest BCUT2D eigenvalue weighted by molar-refractivity contribution is 6.20. The number of nitrogens with one attached hydrogen (secondary N) is 1. The maximum Gasteiger partial charge on any atom is 0.201 e. The van der Waals surface area contributed by atoms with Gasteiger partial charge in [-0.25, -0.2) is 9.98 Å². The van der Waals surface area contributed by atoms with Crippen LogP contribution in [-0.4, -0.2) is 22.5 Å². The Balaban J connectivity index is 1.43. The fourth-order valence-electron chi connectivity index (χ4n) is 3.06. The molecule has 0 amide bonds. The van der Waals surface area contributed by atoms with Gasteiger partial charge < -0.3 is 14.8 Å². The summed E-state index contributed by atoms with van der Waals surface area (Å²) in [6.07, 6.45) is 7.93. The molecule has 0 atom stereocenters. The van der Waals surface area contributed by atoms with E-state index in [1.807, 2.05) is 36.5 Å². The minimum absolute atomic E-state index is 0.0601. The van der Waals surface area contributed by atoms with Crippen molar-refractivity contribution in [3.63, 3.8) is 0 Å². The molecule has 2 aliphatic rings. The second-order valence-electron chi connectivity index (χ2n) is 6.08. The van der Waals surface area contributed by atoms with Gasteiger partial charge in [-0.15, -0.1) is 0 Å². The molecule has 3 aromatic rings. The van der Waals surface area contributed by atoms with Crippen molar-refractivity contribution in [2.75, 3.05) is 5.32 Å². The Kier molecular flexibility index (Phi) is 3.21. The van der Waals surface area contributed by atoms with E-state index < -0.39 is 0 Å². The van der Waals surface area contributed by atoms with Crippen LogP contribution in [0.25, 0.3) is 11.6 Å². The summed E-state index contributed by atoms with van der Waals surface area (Å²) in [5.74, 6) is 1.55. The molecule has 0 unspecified atom stereocenters. The molecule has 4 heterocycles. The Morgan fingerprint density at radius 3 is 3.08 bits per heavy atom. The summed E-state index contributed by atoms with van der Waals surface area (Å²) in [5.41, 5.74) is 4.77. The predicted molar refractivity (Wildman–Crippen MR) is 102 cm³/mol. The minimum atomic E-state index is 0.0601. The molecule has 0 bridgehead atoms. The molecular formula is C20H14N4O2. The SMILES string of the molecule is Oc1cc(Nc2ccc3c(c2)N=CC3)oc1C=C1C=Nc2ncccc21. The van der Waals surface area contributed by atoms with Crippen molar-refractivity contribution in [2.24, 2.45) is 9.98 Å². The second-order valence-corrected chi connectivity index (χ2v) is 6.08. The van der Waals surface area contributed by atoms with Crippen LogP contribution in [-0.2, 0) is 6.42 Å². The van der Waals surface area contributed by atoms with Crippen LogP contribution in [0.4, 0.5) is 23.1 Å². The Hall–Kier alpha value is -3.67. The van der Waals surface area contributed by atoms with Gasteiger partial charge in [0.05, 0.1) is 5.69 Å². The van der Waals surface area contributed by atoms with Gasteiger partial charge in [-0.1, -0.05) is 6.07 Å². The van der Waals surface area contributed by atoms with Crippen LogP contribution >= 0.6 is 0 Å². The van der Waals surface area contributed by atoms with Gasteiger partial charge in [0.1, 0.15) is 0 Å². The zero-order valence-electron chi connectivity index (χ0n) is 13.7. The number of aromatic nitrogens is 1. The molecular weight excluding hydrogens is 328 g/mol. The third-order valence-corrected chi connectivity index (χ3v) is 4.34. The first-order chi connectivity index (χ1) is 12.8. The van der Waals surface area contributed by atoms with Crippen LogP contribution in [0.1, 0.15) is 16.9 Å². The molecule has 0 fully saturated rings. The summed E-state index contributed by atoms with van der Waals surface area (Å²) in [6.45, 7) is 0. The number of nitrogens with zero attached hydrogens (tertiary/aromatic N) is 3. The molecule has 2 aromatic heterocycles. The average molecular weight is 342 g/mol. The van der Waals surface area contributed by atoms with Gasteiger partial charge in [0.2, 0.25) is 5.88 Å². The molecule has 26 heavy (non-hydrogen) atoms. The zero-order valence-corrected chi connectivity index (χ0v) is 13.7. The molecule has 0 spiro atoms. The molecule has 0 radical (unpaired) electrons. The summed E-state index contributed by atoms with van der Waals surface area (Å²) in [6, 6.07) is 11.3. The fraction of sp³-hybridized carbons (Fsp3) is 0.0500. The van der Waals surface area contributed by atoms with Crippen LogP contribution in [0.2, 0.25) is 0 Å². The van der Waals surface area contributed by atoms with E-state index in [0.29, 0.717) is 17.5 Å². The van der Waals surface area contributed by atoms with E-state index in [2.05, 4.69) is 20.3 Å². The quantitative estimate of drug-likeness (QED) is 0.726. The van der Waals surface area contributed by atoms with Crippen LogP contribution in [0.3, 0.4) is 0 Å². The number of allylic oxidation sites excluding steroid dienone is 1. The molecule has 0 saturated carbocycles. The van der Waals surface area contributed by atoms with Gasteiger partial charge in [0, 0.05) is 47.9 Å². The van der Waals surface area contributed by atoms with E-state index in [0.717, 1.165) is 28.9 Å². The highest BCUT2D eigenvalue weighted by Crippen LogP contribution is 2.35. The number of anilines is 2. The lowest BCUT2D eigenvalue weighted by molar-refractivity contribution is 0.456. The number of fused-ring (bicyclic) bond motifs is 2.